The number of hydrogen-bond acceptors (Lipinski definition) is 6. The van der Waals surface area contributed by atoms with E-state index in [1.54, 1.807) is 11.5 Å². The van der Waals surface area contributed by atoms with E-state index in [-0.39, 0.29) is 40.7 Å². The SMILES string of the molecule is Cc1c(C(=O)NCc2ccc(S(C)(=O)=O)cn2)nc(C(C)(C)C)n1Cc1ccc(C(O)C2CC2)cc1C(F)(F)F. The number of aliphatic hydroxyl groups excluding tert-OH is 1. The van der Waals surface area contributed by atoms with Crippen molar-refractivity contribution in [2.75, 3.05) is 6.26 Å². The Kier molecular flexibility index (Phi) is 7.89. The number of hydrogen-bond donors (Lipinski definition) is 2. The Morgan fingerprint density at radius 2 is 1.85 bits per heavy atom. The lowest BCUT2D eigenvalue weighted by Crippen LogP contribution is -2.24. The smallest absolute Gasteiger partial charge is 0.388 e. The van der Waals surface area contributed by atoms with Gasteiger partial charge in [-0.2, -0.15) is 13.2 Å². The molecule has 0 radical (unpaired) electrons. The second-order valence-corrected chi connectivity index (χ2v) is 13.4. The minimum absolute atomic E-state index is 0.00301. The van der Waals surface area contributed by atoms with Crippen molar-refractivity contribution >= 4 is 15.7 Å². The molecule has 1 unspecified atom stereocenters. The van der Waals surface area contributed by atoms with Gasteiger partial charge in [0.25, 0.3) is 5.91 Å². The summed E-state index contributed by atoms with van der Waals surface area (Å²) in [5, 5.41) is 13.1. The molecule has 1 fully saturated rings. The van der Waals surface area contributed by atoms with Gasteiger partial charge in [-0.3, -0.25) is 9.78 Å². The summed E-state index contributed by atoms with van der Waals surface area (Å²) >= 11 is 0. The van der Waals surface area contributed by atoms with E-state index < -0.39 is 39.0 Å². The molecule has 1 aliphatic rings. The monoisotopic (exact) mass is 578 g/mol. The summed E-state index contributed by atoms with van der Waals surface area (Å²) in [6.07, 6.45) is -1.70. The molecule has 1 atom stereocenters. The summed E-state index contributed by atoms with van der Waals surface area (Å²) in [5.41, 5.74) is -0.260. The maximum absolute atomic E-state index is 14.1. The van der Waals surface area contributed by atoms with E-state index >= 15 is 0 Å². The van der Waals surface area contributed by atoms with Crippen LogP contribution in [0.15, 0.2) is 41.4 Å². The van der Waals surface area contributed by atoms with Gasteiger partial charge in [0, 0.05) is 30.1 Å². The number of carbonyl (C=O) groups is 1. The van der Waals surface area contributed by atoms with Crippen molar-refractivity contribution in [3.63, 3.8) is 0 Å². The summed E-state index contributed by atoms with van der Waals surface area (Å²) in [4.78, 5) is 21.8. The molecule has 8 nitrogen and oxygen atoms in total. The van der Waals surface area contributed by atoms with Crippen molar-refractivity contribution in [3.8, 4) is 0 Å². The maximum atomic E-state index is 14.1. The molecule has 0 bridgehead atoms. The zero-order valence-electron chi connectivity index (χ0n) is 23.0. The van der Waals surface area contributed by atoms with Crippen molar-refractivity contribution < 1.29 is 31.5 Å². The predicted molar refractivity (Wildman–Crippen MR) is 142 cm³/mol. The fraction of sp³-hybridized carbons (Fsp3) is 0.464. The Bertz CT molecular complexity index is 1520. The number of alkyl halides is 3. The van der Waals surface area contributed by atoms with Crippen molar-refractivity contribution in [2.45, 2.75) is 76.2 Å². The molecule has 216 valence electrons. The summed E-state index contributed by atoms with van der Waals surface area (Å²) < 4.78 is 67.3. The number of carbonyl (C=O) groups excluding carboxylic acids is 1. The molecular formula is C28H33F3N4O4S. The molecule has 1 saturated carbocycles. The van der Waals surface area contributed by atoms with Crippen molar-refractivity contribution in [3.05, 3.63) is 76.1 Å². The number of amides is 1. The van der Waals surface area contributed by atoms with E-state index in [2.05, 4.69) is 15.3 Å². The van der Waals surface area contributed by atoms with E-state index in [1.165, 1.54) is 30.5 Å². The van der Waals surface area contributed by atoms with E-state index in [4.69, 9.17) is 0 Å². The number of halogens is 3. The third-order valence-corrected chi connectivity index (χ3v) is 8.04. The number of aliphatic hydroxyl groups is 1. The highest BCUT2D eigenvalue weighted by molar-refractivity contribution is 7.90. The van der Waals surface area contributed by atoms with Crippen molar-refractivity contribution in [1.29, 1.82) is 0 Å². The predicted octanol–water partition coefficient (Wildman–Crippen LogP) is 4.73. The second-order valence-electron chi connectivity index (χ2n) is 11.3. The number of aromatic nitrogens is 3. The van der Waals surface area contributed by atoms with Crippen LogP contribution in [0.4, 0.5) is 13.2 Å². The molecule has 2 aromatic heterocycles. The Balaban J connectivity index is 1.63. The zero-order valence-corrected chi connectivity index (χ0v) is 23.8. The molecular weight excluding hydrogens is 545 g/mol. The topological polar surface area (TPSA) is 114 Å². The van der Waals surface area contributed by atoms with Gasteiger partial charge < -0.3 is 15.0 Å². The van der Waals surface area contributed by atoms with Crippen LogP contribution in [0, 0.1) is 12.8 Å². The fourth-order valence-electron chi connectivity index (χ4n) is 4.54. The number of nitrogens with zero attached hydrogens (tertiary/aromatic N) is 3. The number of rotatable bonds is 8. The first-order valence-corrected chi connectivity index (χ1v) is 14.7. The number of nitrogens with one attached hydrogen (secondary N) is 1. The molecule has 0 spiro atoms. The van der Waals surface area contributed by atoms with Gasteiger partial charge in [-0.05, 0) is 55.0 Å². The third kappa shape index (κ3) is 6.55. The maximum Gasteiger partial charge on any atom is 0.416 e. The number of imidazole rings is 1. The average Bonchev–Trinajstić information content (AvgIpc) is 3.65. The molecule has 3 aromatic rings. The standard InChI is InChI=1S/C28H33F3N4O4S/c1-16-23(25(37)33-13-20-10-11-21(14-32-20)40(5,38)39)34-26(27(2,3)4)35(16)15-19-9-8-18(24(36)17-6-7-17)12-22(19)28(29,30)31/h8-12,14,17,24,36H,6-7,13,15H2,1-5H3,(H,33,37). The molecule has 0 aliphatic heterocycles. The minimum atomic E-state index is -4.63. The molecule has 2 heterocycles. The third-order valence-electron chi connectivity index (χ3n) is 6.94. The van der Waals surface area contributed by atoms with Crippen LogP contribution in [0.2, 0.25) is 0 Å². The molecule has 2 N–H and O–H groups in total. The molecule has 40 heavy (non-hydrogen) atoms. The zero-order chi connectivity index (χ0) is 29.6. The van der Waals surface area contributed by atoms with Crippen LogP contribution in [-0.2, 0) is 34.5 Å². The Labute approximate surface area is 231 Å². The van der Waals surface area contributed by atoms with Crippen LogP contribution in [0.1, 0.15) is 84.1 Å². The fourth-order valence-corrected chi connectivity index (χ4v) is 5.10. The summed E-state index contributed by atoms with van der Waals surface area (Å²) in [5.74, 6) is -0.0973. The Hall–Kier alpha value is -3.25. The lowest BCUT2D eigenvalue weighted by atomic mass is 9.95. The van der Waals surface area contributed by atoms with Crippen molar-refractivity contribution in [2.24, 2.45) is 5.92 Å². The van der Waals surface area contributed by atoms with Crippen LogP contribution in [0.3, 0.4) is 0 Å². The van der Waals surface area contributed by atoms with Gasteiger partial charge in [0.15, 0.2) is 9.84 Å². The van der Waals surface area contributed by atoms with E-state index in [1.807, 2.05) is 20.8 Å². The minimum Gasteiger partial charge on any atom is -0.388 e. The summed E-state index contributed by atoms with van der Waals surface area (Å²) in [6.45, 7) is 7.06. The van der Waals surface area contributed by atoms with Crippen LogP contribution in [-0.4, -0.2) is 40.2 Å². The number of pyridine rings is 1. The van der Waals surface area contributed by atoms with E-state index in [9.17, 15) is 31.5 Å². The Morgan fingerprint density at radius 3 is 2.38 bits per heavy atom. The molecule has 1 aliphatic carbocycles. The average molecular weight is 579 g/mol. The highest BCUT2D eigenvalue weighted by Crippen LogP contribution is 2.43. The first-order valence-electron chi connectivity index (χ1n) is 12.9. The van der Waals surface area contributed by atoms with Crippen LogP contribution in [0.25, 0.3) is 0 Å². The van der Waals surface area contributed by atoms with E-state index in [0.717, 1.165) is 25.2 Å². The van der Waals surface area contributed by atoms with E-state index in [0.29, 0.717) is 17.2 Å². The normalized spacial score (nSPS) is 15.2. The largest absolute Gasteiger partial charge is 0.416 e. The molecule has 1 amide bonds. The Morgan fingerprint density at radius 1 is 1.18 bits per heavy atom. The quantitative estimate of drug-likeness (QED) is 0.400. The highest BCUT2D eigenvalue weighted by atomic mass is 32.2. The summed E-state index contributed by atoms with van der Waals surface area (Å²) in [7, 11) is -3.41. The first kappa shape index (κ1) is 29.7. The van der Waals surface area contributed by atoms with Crippen LogP contribution in [0.5, 0.6) is 0 Å². The highest BCUT2D eigenvalue weighted by Gasteiger charge is 2.37. The summed E-state index contributed by atoms with van der Waals surface area (Å²) in [6, 6.07) is 6.84. The lowest BCUT2D eigenvalue weighted by Gasteiger charge is -2.23. The van der Waals surface area contributed by atoms with Gasteiger partial charge in [0.2, 0.25) is 0 Å². The van der Waals surface area contributed by atoms with Crippen LogP contribution < -0.4 is 5.32 Å². The lowest BCUT2D eigenvalue weighted by molar-refractivity contribution is -0.138. The second kappa shape index (κ2) is 10.6. The van der Waals surface area contributed by atoms with Gasteiger partial charge in [0.1, 0.15) is 11.5 Å². The van der Waals surface area contributed by atoms with Gasteiger partial charge in [-0.25, -0.2) is 13.4 Å². The molecule has 0 saturated heterocycles. The van der Waals surface area contributed by atoms with Crippen molar-refractivity contribution in [1.82, 2.24) is 19.9 Å². The van der Waals surface area contributed by atoms with Gasteiger partial charge in [-0.1, -0.05) is 32.9 Å². The molecule has 4 rings (SSSR count). The molecule has 1 aromatic carbocycles. The number of benzene rings is 1. The molecule has 12 heteroatoms. The number of sulfone groups is 1. The van der Waals surface area contributed by atoms with Gasteiger partial charge >= 0.3 is 6.18 Å². The first-order chi connectivity index (χ1) is 18.5. The van der Waals surface area contributed by atoms with Crippen LogP contribution >= 0.6 is 0 Å². The van der Waals surface area contributed by atoms with Gasteiger partial charge in [0.05, 0.1) is 28.8 Å². The van der Waals surface area contributed by atoms with Gasteiger partial charge in [-0.15, -0.1) is 0 Å².